The molecule has 37 heavy (non-hydrogen) atoms. The number of sulfonamides is 1. The van der Waals surface area contributed by atoms with Gasteiger partial charge in [-0.3, -0.25) is 9.78 Å². The second kappa shape index (κ2) is 9.30. The van der Waals surface area contributed by atoms with Gasteiger partial charge in [-0.1, -0.05) is 11.6 Å². The minimum atomic E-state index is -4.69. The number of hydrogen-bond donors (Lipinski definition) is 1. The lowest BCUT2D eigenvalue weighted by molar-refractivity contribution is -0.145. The molecule has 1 aliphatic carbocycles. The average molecular weight is 556 g/mol. The second-order valence-corrected chi connectivity index (χ2v) is 11.0. The lowest BCUT2D eigenvalue weighted by Gasteiger charge is -2.25. The number of pyridine rings is 1. The molecule has 3 aliphatic rings. The quantitative estimate of drug-likeness (QED) is 0.464. The van der Waals surface area contributed by atoms with Crippen LogP contribution < -0.4 is 5.32 Å². The molecule has 2 aliphatic heterocycles. The Morgan fingerprint density at radius 3 is 2.35 bits per heavy atom. The van der Waals surface area contributed by atoms with E-state index < -0.39 is 39.8 Å². The minimum absolute atomic E-state index is 0.0805. The molecule has 0 radical (unpaired) electrons. The third kappa shape index (κ3) is 4.78. The highest BCUT2D eigenvalue weighted by Gasteiger charge is 2.58. The molecule has 2 aromatic heterocycles. The number of carbonyl (C=O) groups is 1. The van der Waals surface area contributed by atoms with Crippen molar-refractivity contribution in [3.63, 3.8) is 0 Å². The van der Waals surface area contributed by atoms with E-state index in [1.165, 1.54) is 28.7 Å². The number of rotatable bonds is 6. The van der Waals surface area contributed by atoms with Crippen LogP contribution in [0.15, 0.2) is 53.8 Å². The number of halogens is 5. The fraction of sp³-hybridized carbons (Fsp3) is 0.304. The summed E-state index contributed by atoms with van der Waals surface area (Å²) in [6.07, 6.45) is -0.318. The number of alkyl halides is 3. The van der Waals surface area contributed by atoms with Gasteiger partial charge in [-0.2, -0.15) is 17.5 Å². The molecule has 1 amide bonds. The molecule has 8 nitrogen and oxygen atoms in total. The van der Waals surface area contributed by atoms with E-state index >= 15 is 0 Å². The number of hydrogen-bond acceptors (Lipinski definition) is 6. The molecule has 2 bridgehead atoms. The van der Waals surface area contributed by atoms with Gasteiger partial charge in [0.05, 0.1) is 22.2 Å². The molecule has 14 heteroatoms. The molecule has 2 saturated heterocycles. The molecule has 0 spiro atoms. The van der Waals surface area contributed by atoms with E-state index in [1.807, 2.05) is 0 Å². The van der Waals surface area contributed by atoms with E-state index in [9.17, 15) is 30.8 Å². The molecule has 6 rings (SSSR count). The molecule has 194 valence electrons. The van der Waals surface area contributed by atoms with Crippen molar-refractivity contribution in [2.24, 2.45) is 5.92 Å². The maximum absolute atomic E-state index is 13.3. The van der Waals surface area contributed by atoms with Crippen LogP contribution in [0.1, 0.15) is 24.4 Å². The van der Waals surface area contributed by atoms with Crippen LogP contribution in [0.2, 0.25) is 5.02 Å². The summed E-state index contributed by atoms with van der Waals surface area (Å²) in [6, 6.07) is 4.68. The Bertz CT molecular complexity index is 1450. The topological polar surface area (TPSA) is 105 Å². The van der Waals surface area contributed by atoms with Crippen molar-refractivity contribution in [3.05, 3.63) is 71.3 Å². The number of fused-ring (bicyclic) bond motifs is 1. The molecule has 1 N–H and O–H groups in total. The van der Waals surface area contributed by atoms with Crippen molar-refractivity contribution in [3.8, 4) is 11.1 Å². The van der Waals surface area contributed by atoms with E-state index in [4.69, 9.17) is 11.6 Å². The molecule has 0 unspecified atom stereocenters. The summed E-state index contributed by atoms with van der Waals surface area (Å²) < 4.78 is 79.2. The number of benzene rings is 1. The number of nitrogens with one attached hydrogen (secondary N) is 1. The zero-order valence-electron chi connectivity index (χ0n) is 18.8. The van der Waals surface area contributed by atoms with Gasteiger partial charge in [0.1, 0.15) is 11.9 Å². The summed E-state index contributed by atoms with van der Waals surface area (Å²) in [7, 11) is -4.02. The normalized spacial score (nSPS) is 21.5. The van der Waals surface area contributed by atoms with Crippen molar-refractivity contribution < 1.29 is 30.8 Å². The maximum Gasteiger partial charge on any atom is 0.451 e. The van der Waals surface area contributed by atoms with Crippen LogP contribution in [0.3, 0.4) is 0 Å². The van der Waals surface area contributed by atoms with Crippen LogP contribution in [-0.4, -0.2) is 45.7 Å². The van der Waals surface area contributed by atoms with Crippen LogP contribution >= 0.6 is 11.6 Å². The lowest BCUT2D eigenvalue weighted by Crippen LogP contribution is -2.46. The number of amides is 1. The van der Waals surface area contributed by atoms with Gasteiger partial charge < -0.3 is 5.32 Å². The first-order chi connectivity index (χ1) is 17.4. The Kier molecular flexibility index (Phi) is 6.40. The zero-order valence-corrected chi connectivity index (χ0v) is 20.4. The summed E-state index contributed by atoms with van der Waals surface area (Å²) >= 11 is 6.16. The van der Waals surface area contributed by atoms with Gasteiger partial charge in [0.15, 0.2) is 0 Å². The Morgan fingerprint density at radius 2 is 1.73 bits per heavy atom. The average Bonchev–Trinajstić information content (AvgIpc) is 3.41. The van der Waals surface area contributed by atoms with Crippen LogP contribution in [0, 0.1) is 11.7 Å². The summed E-state index contributed by atoms with van der Waals surface area (Å²) in [5.74, 6) is -2.51. The number of aromatic nitrogens is 3. The monoisotopic (exact) mass is 555 g/mol. The van der Waals surface area contributed by atoms with E-state index in [0.717, 1.165) is 24.5 Å². The van der Waals surface area contributed by atoms with Crippen LogP contribution in [0.4, 0.5) is 17.6 Å². The van der Waals surface area contributed by atoms with Crippen molar-refractivity contribution in [1.29, 1.82) is 0 Å². The van der Waals surface area contributed by atoms with E-state index in [1.54, 1.807) is 0 Å². The summed E-state index contributed by atoms with van der Waals surface area (Å²) in [6.45, 7) is -0.0805. The highest BCUT2D eigenvalue weighted by molar-refractivity contribution is 7.89. The molecular formula is C23H18ClF4N5O3S. The Morgan fingerprint density at radius 1 is 1.08 bits per heavy atom. The summed E-state index contributed by atoms with van der Waals surface area (Å²) in [5.41, 5.74) is 0.880. The summed E-state index contributed by atoms with van der Waals surface area (Å²) in [4.78, 5) is 23.8. The Balaban J connectivity index is 1.32. The van der Waals surface area contributed by atoms with Crippen LogP contribution in [0.5, 0.6) is 0 Å². The Hall–Kier alpha value is -3.16. The Labute approximate surface area is 213 Å². The van der Waals surface area contributed by atoms with Gasteiger partial charge in [-0.25, -0.2) is 22.8 Å². The lowest BCUT2D eigenvalue weighted by atomic mass is 9.83. The number of nitrogens with zero attached hydrogens (tertiary/aromatic N) is 4. The van der Waals surface area contributed by atoms with Gasteiger partial charge >= 0.3 is 6.18 Å². The van der Waals surface area contributed by atoms with Crippen LogP contribution in [-0.2, 0) is 27.5 Å². The molecule has 3 aromatic rings. The predicted octanol–water partition coefficient (Wildman–Crippen LogP) is 3.82. The zero-order chi connectivity index (χ0) is 26.5. The molecule has 4 heterocycles. The van der Waals surface area contributed by atoms with Crippen molar-refractivity contribution in [2.45, 2.75) is 42.5 Å². The number of carbonyl (C=O) groups excluding carboxylic acids is 1. The highest BCUT2D eigenvalue weighted by atomic mass is 35.5. The van der Waals surface area contributed by atoms with Crippen LogP contribution in [0.25, 0.3) is 11.1 Å². The highest BCUT2D eigenvalue weighted by Crippen LogP contribution is 2.48. The maximum atomic E-state index is 13.3. The minimum Gasteiger partial charge on any atom is -0.349 e. The van der Waals surface area contributed by atoms with E-state index in [2.05, 4.69) is 20.3 Å². The predicted molar refractivity (Wildman–Crippen MR) is 123 cm³/mol. The SMILES string of the molecule is O=C(NCc1cc(-c2cnc(C(F)(F)F)nc2)c(Cl)cn1)[C@@H]1C2CC(C2)N1S(=O)(=O)c1ccc(F)cc1. The molecular weight excluding hydrogens is 538 g/mol. The molecule has 3 fully saturated rings. The third-order valence-corrected chi connectivity index (χ3v) is 8.71. The van der Waals surface area contributed by atoms with Crippen molar-refractivity contribution in [2.75, 3.05) is 0 Å². The largest absolute Gasteiger partial charge is 0.451 e. The third-order valence-electron chi connectivity index (χ3n) is 6.46. The van der Waals surface area contributed by atoms with E-state index in [0.29, 0.717) is 24.1 Å². The van der Waals surface area contributed by atoms with Gasteiger partial charge in [-0.05, 0) is 49.1 Å². The fourth-order valence-electron chi connectivity index (χ4n) is 4.63. The first kappa shape index (κ1) is 25.5. The van der Waals surface area contributed by atoms with Crippen molar-refractivity contribution in [1.82, 2.24) is 24.6 Å². The van der Waals surface area contributed by atoms with E-state index in [-0.39, 0.29) is 34.0 Å². The first-order valence-electron chi connectivity index (χ1n) is 11.1. The van der Waals surface area contributed by atoms with Gasteiger partial charge in [0.25, 0.3) is 0 Å². The van der Waals surface area contributed by atoms with Gasteiger partial charge in [0, 0.05) is 35.8 Å². The van der Waals surface area contributed by atoms with Crippen molar-refractivity contribution >= 4 is 27.5 Å². The standard InChI is InChI=1S/C23H18ClF4N5O3S/c24-19-11-29-15(7-18(19)13-8-31-22(32-9-13)23(26,27)28)10-30-21(34)20-12-5-16(6-12)33(20)37(35,36)17-3-1-14(25)2-4-17/h1-4,7-9,11-12,16,20H,5-6,10H2,(H,30,34)/t12?,16?,20-/m0/s1. The van der Waals surface area contributed by atoms with Gasteiger partial charge in [-0.15, -0.1) is 0 Å². The summed E-state index contributed by atoms with van der Waals surface area (Å²) in [5, 5.41) is 2.84. The first-order valence-corrected chi connectivity index (χ1v) is 12.9. The second-order valence-electron chi connectivity index (χ2n) is 8.79. The molecule has 1 aromatic carbocycles. The smallest absolute Gasteiger partial charge is 0.349 e. The van der Waals surface area contributed by atoms with Gasteiger partial charge in [0.2, 0.25) is 21.8 Å². The molecule has 1 saturated carbocycles. The molecule has 1 atom stereocenters. The fourth-order valence-corrected chi connectivity index (χ4v) is 6.70.